The van der Waals surface area contributed by atoms with Crippen molar-refractivity contribution in [2.24, 2.45) is 7.05 Å². The van der Waals surface area contributed by atoms with Gasteiger partial charge in [-0.2, -0.15) is 13.2 Å². The highest BCUT2D eigenvalue weighted by atomic mass is 32.2. The molecule has 4 nitrogen and oxygen atoms in total. The van der Waals surface area contributed by atoms with Gasteiger partial charge < -0.3 is 4.57 Å². The molecule has 4 rings (SSSR count). The van der Waals surface area contributed by atoms with Crippen molar-refractivity contribution in [3.05, 3.63) is 35.7 Å². The van der Waals surface area contributed by atoms with Gasteiger partial charge in [-0.25, -0.2) is 9.97 Å². The van der Waals surface area contributed by atoms with E-state index in [1.54, 1.807) is 23.4 Å². The summed E-state index contributed by atoms with van der Waals surface area (Å²) >= 11 is 1.68. The molecular formula is C20H21F3N4S. The summed E-state index contributed by atoms with van der Waals surface area (Å²) in [6.07, 6.45) is 3.19. The predicted molar refractivity (Wildman–Crippen MR) is 104 cm³/mol. The quantitative estimate of drug-likeness (QED) is 0.512. The van der Waals surface area contributed by atoms with E-state index in [1.807, 2.05) is 6.20 Å². The molecule has 0 unspecified atom stereocenters. The van der Waals surface area contributed by atoms with Crippen LogP contribution in [0.15, 0.2) is 29.4 Å². The van der Waals surface area contributed by atoms with E-state index in [0.717, 1.165) is 22.9 Å². The standard InChI is InChI=1S/C20H21F3N4S/c1-3-28-16-8-13(12-6-4-5-7-12)10-24-17(16)19-26-15-9-14(20(21,22)23)11-25-18(15)27(19)2/h8-12H,3-7H2,1-2H3. The molecule has 1 fully saturated rings. The third-order valence-corrected chi connectivity index (χ3v) is 6.16. The maximum absolute atomic E-state index is 13.0. The van der Waals surface area contributed by atoms with Gasteiger partial charge in [-0.1, -0.05) is 19.8 Å². The lowest BCUT2D eigenvalue weighted by Crippen LogP contribution is -2.05. The zero-order valence-electron chi connectivity index (χ0n) is 15.8. The molecule has 0 saturated heterocycles. The number of alkyl halides is 3. The number of hydrogen-bond acceptors (Lipinski definition) is 4. The molecule has 0 bridgehead atoms. The number of fused-ring (bicyclic) bond motifs is 1. The van der Waals surface area contributed by atoms with Crippen LogP contribution in [0.25, 0.3) is 22.7 Å². The monoisotopic (exact) mass is 406 g/mol. The fourth-order valence-corrected chi connectivity index (χ4v) is 4.63. The first-order valence-corrected chi connectivity index (χ1v) is 10.4. The molecule has 8 heteroatoms. The molecule has 0 amide bonds. The number of pyridine rings is 2. The predicted octanol–water partition coefficient (Wildman–Crippen LogP) is 5.82. The number of rotatable bonds is 4. The minimum absolute atomic E-state index is 0.224. The second kappa shape index (κ2) is 7.39. The lowest BCUT2D eigenvalue weighted by molar-refractivity contribution is -0.137. The largest absolute Gasteiger partial charge is 0.417 e. The number of aryl methyl sites for hydroxylation is 1. The first-order valence-electron chi connectivity index (χ1n) is 9.41. The Morgan fingerprint density at radius 3 is 2.57 bits per heavy atom. The molecule has 0 aliphatic heterocycles. The lowest BCUT2D eigenvalue weighted by atomic mass is 9.99. The molecular weight excluding hydrogens is 385 g/mol. The summed E-state index contributed by atoms with van der Waals surface area (Å²) in [5.41, 5.74) is 1.78. The Hall–Kier alpha value is -2.09. The maximum atomic E-state index is 13.0. The zero-order chi connectivity index (χ0) is 19.9. The summed E-state index contributed by atoms with van der Waals surface area (Å²) in [4.78, 5) is 14.1. The number of imidazole rings is 1. The summed E-state index contributed by atoms with van der Waals surface area (Å²) in [5.74, 6) is 1.97. The van der Waals surface area contributed by atoms with Crippen molar-refractivity contribution in [3.63, 3.8) is 0 Å². The second-order valence-corrected chi connectivity index (χ2v) is 8.39. The van der Waals surface area contributed by atoms with E-state index in [2.05, 4.69) is 27.9 Å². The number of halogens is 3. The molecule has 0 atom stereocenters. The van der Waals surface area contributed by atoms with Gasteiger partial charge in [0.1, 0.15) is 11.2 Å². The smallest absolute Gasteiger partial charge is 0.310 e. The molecule has 3 aromatic heterocycles. The van der Waals surface area contributed by atoms with E-state index in [4.69, 9.17) is 0 Å². The third-order valence-electron chi connectivity index (χ3n) is 5.25. The molecule has 3 aromatic rings. The van der Waals surface area contributed by atoms with Crippen molar-refractivity contribution in [2.45, 2.75) is 49.6 Å². The van der Waals surface area contributed by atoms with E-state index in [-0.39, 0.29) is 5.52 Å². The van der Waals surface area contributed by atoms with Crippen molar-refractivity contribution >= 4 is 22.9 Å². The van der Waals surface area contributed by atoms with Gasteiger partial charge in [-0.3, -0.25) is 4.98 Å². The second-order valence-electron chi connectivity index (χ2n) is 7.09. The fourth-order valence-electron chi connectivity index (χ4n) is 3.82. The summed E-state index contributed by atoms with van der Waals surface area (Å²) in [7, 11) is 1.76. The van der Waals surface area contributed by atoms with E-state index in [0.29, 0.717) is 23.1 Å². The van der Waals surface area contributed by atoms with Crippen LogP contribution >= 0.6 is 11.8 Å². The van der Waals surface area contributed by atoms with Gasteiger partial charge in [-0.05, 0) is 42.2 Å². The average molecular weight is 406 g/mol. The molecule has 0 N–H and O–H groups in total. The van der Waals surface area contributed by atoms with Gasteiger partial charge >= 0.3 is 6.18 Å². The Labute approximate surface area is 165 Å². The minimum Gasteiger partial charge on any atom is -0.310 e. The molecule has 1 aliphatic rings. The minimum atomic E-state index is -4.44. The molecule has 1 aliphatic carbocycles. The Balaban J connectivity index is 1.81. The Bertz CT molecular complexity index is 1010. The van der Waals surface area contributed by atoms with Crippen molar-refractivity contribution in [1.82, 2.24) is 19.5 Å². The SMILES string of the molecule is CCSc1cc(C2CCCC2)cnc1-c1nc2cc(C(F)(F)F)cnc2n1C. The topological polar surface area (TPSA) is 43.6 Å². The lowest BCUT2D eigenvalue weighted by Gasteiger charge is -2.13. The van der Waals surface area contributed by atoms with Crippen LogP contribution in [-0.2, 0) is 13.2 Å². The van der Waals surface area contributed by atoms with E-state index in [9.17, 15) is 13.2 Å². The van der Waals surface area contributed by atoms with E-state index < -0.39 is 11.7 Å². The number of thioether (sulfide) groups is 1. The van der Waals surface area contributed by atoms with E-state index in [1.165, 1.54) is 31.2 Å². The molecule has 1 saturated carbocycles. The van der Waals surface area contributed by atoms with Gasteiger partial charge in [-0.15, -0.1) is 11.8 Å². The summed E-state index contributed by atoms with van der Waals surface area (Å²) in [5, 5.41) is 0. The van der Waals surface area contributed by atoms with Gasteiger partial charge in [0.15, 0.2) is 11.5 Å². The van der Waals surface area contributed by atoms with Crippen LogP contribution in [0.1, 0.15) is 49.7 Å². The number of nitrogens with zero attached hydrogens (tertiary/aromatic N) is 4. The Morgan fingerprint density at radius 1 is 1.14 bits per heavy atom. The zero-order valence-corrected chi connectivity index (χ0v) is 16.6. The fraction of sp³-hybridized carbons (Fsp3) is 0.450. The Morgan fingerprint density at radius 2 is 1.89 bits per heavy atom. The molecule has 28 heavy (non-hydrogen) atoms. The molecule has 0 spiro atoms. The van der Waals surface area contributed by atoms with Gasteiger partial charge in [0.2, 0.25) is 0 Å². The first kappa shape index (κ1) is 19.2. The van der Waals surface area contributed by atoms with Gasteiger partial charge in [0.25, 0.3) is 0 Å². The van der Waals surface area contributed by atoms with Crippen LogP contribution in [0.5, 0.6) is 0 Å². The summed E-state index contributed by atoms with van der Waals surface area (Å²) in [6.45, 7) is 2.07. The van der Waals surface area contributed by atoms with Crippen LogP contribution in [0, 0.1) is 0 Å². The highest BCUT2D eigenvalue weighted by molar-refractivity contribution is 7.99. The highest BCUT2D eigenvalue weighted by Crippen LogP contribution is 2.38. The van der Waals surface area contributed by atoms with Gasteiger partial charge in [0.05, 0.1) is 5.56 Å². The third kappa shape index (κ3) is 3.50. The first-order chi connectivity index (χ1) is 13.4. The molecule has 0 aromatic carbocycles. The van der Waals surface area contributed by atoms with Crippen molar-refractivity contribution in [2.75, 3.05) is 5.75 Å². The highest BCUT2D eigenvalue weighted by Gasteiger charge is 2.32. The molecule has 148 valence electrons. The number of aromatic nitrogens is 4. The van der Waals surface area contributed by atoms with Crippen molar-refractivity contribution in [1.29, 1.82) is 0 Å². The molecule has 3 heterocycles. The van der Waals surface area contributed by atoms with Gasteiger partial charge in [0, 0.05) is 24.3 Å². The van der Waals surface area contributed by atoms with Crippen molar-refractivity contribution < 1.29 is 13.2 Å². The Kier molecular flexibility index (Phi) is 5.07. The van der Waals surface area contributed by atoms with Crippen LogP contribution in [0.3, 0.4) is 0 Å². The average Bonchev–Trinajstić information content (AvgIpc) is 3.30. The maximum Gasteiger partial charge on any atom is 0.417 e. The summed E-state index contributed by atoms with van der Waals surface area (Å²) < 4.78 is 40.8. The number of hydrogen-bond donors (Lipinski definition) is 0. The van der Waals surface area contributed by atoms with Crippen LogP contribution in [0.4, 0.5) is 13.2 Å². The van der Waals surface area contributed by atoms with E-state index >= 15 is 0 Å². The van der Waals surface area contributed by atoms with Crippen LogP contribution < -0.4 is 0 Å². The van der Waals surface area contributed by atoms with Crippen molar-refractivity contribution in [3.8, 4) is 11.5 Å². The molecule has 0 radical (unpaired) electrons. The normalized spacial score (nSPS) is 15.6. The van der Waals surface area contributed by atoms with Crippen LogP contribution in [0.2, 0.25) is 0 Å². The van der Waals surface area contributed by atoms with Crippen LogP contribution in [-0.4, -0.2) is 25.3 Å². The summed E-state index contributed by atoms with van der Waals surface area (Å²) in [6, 6.07) is 3.23.